The van der Waals surface area contributed by atoms with Gasteiger partial charge >= 0.3 is 0 Å². The third-order valence-electron chi connectivity index (χ3n) is 5.95. The summed E-state index contributed by atoms with van der Waals surface area (Å²) in [5.41, 5.74) is 6.26. The Morgan fingerprint density at radius 3 is 2.55 bits per heavy atom. The summed E-state index contributed by atoms with van der Waals surface area (Å²) >= 11 is 0. The quantitative estimate of drug-likeness (QED) is 0.816. The number of halogens is 2. The molecule has 0 aromatic rings. The highest BCUT2D eigenvalue weighted by atomic mass is 35.5. The fourth-order valence-electron chi connectivity index (χ4n) is 4.77. The van der Waals surface area contributed by atoms with E-state index in [1.807, 2.05) is 0 Å². The Morgan fingerprint density at radius 2 is 1.91 bits per heavy atom. The number of amides is 1. The molecule has 1 heterocycles. The largest absolute Gasteiger partial charge is 0.354 e. The molecular formula is C16H31Cl2N3O. The van der Waals surface area contributed by atoms with Gasteiger partial charge in [0.05, 0.1) is 5.92 Å². The second-order valence-electron chi connectivity index (χ2n) is 6.96. The molecule has 2 bridgehead atoms. The van der Waals surface area contributed by atoms with Crippen LogP contribution in [0, 0.1) is 17.8 Å². The summed E-state index contributed by atoms with van der Waals surface area (Å²) in [5, 5.41) is 3.21. The molecule has 130 valence electrons. The van der Waals surface area contributed by atoms with E-state index in [-0.39, 0.29) is 42.7 Å². The number of hydrogen-bond acceptors (Lipinski definition) is 3. The van der Waals surface area contributed by atoms with Gasteiger partial charge in [-0.25, -0.2) is 0 Å². The molecule has 3 fully saturated rings. The van der Waals surface area contributed by atoms with E-state index >= 15 is 0 Å². The van der Waals surface area contributed by atoms with Crippen LogP contribution in [0.25, 0.3) is 0 Å². The predicted octanol–water partition coefficient (Wildman–Crippen LogP) is 2.19. The minimum absolute atomic E-state index is 0. The lowest BCUT2D eigenvalue weighted by molar-refractivity contribution is -0.127. The zero-order valence-corrected chi connectivity index (χ0v) is 15.1. The van der Waals surface area contributed by atoms with Crippen LogP contribution < -0.4 is 11.1 Å². The smallest absolute Gasteiger partial charge is 0.225 e. The van der Waals surface area contributed by atoms with Crippen molar-refractivity contribution in [2.75, 3.05) is 19.6 Å². The van der Waals surface area contributed by atoms with Crippen LogP contribution in [0.4, 0.5) is 0 Å². The van der Waals surface area contributed by atoms with Crippen molar-refractivity contribution in [2.45, 2.75) is 57.5 Å². The van der Waals surface area contributed by atoms with Crippen LogP contribution in [0.5, 0.6) is 0 Å². The molecule has 22 heavy (non-hydrogen) atoms. The number of likely N-dealkylation sites (N-methyl/N-ethyl adjacent to an activating group) is 1. The molecule has 4 nitrogen and oxygen atoms in total. The van der Waals surface area contributed by atoms with Crippen molar-refractivity contribution in [3.63, 3.8) is 0 Å². The van der Waals surface area contributed by atoms with Gasteiger partial charge in [0, 0.05) is 18.6 Å². The van der Waals surface area contributed by atoms with Gasteiger partial charge in [-0.3, -0.25) is 9.69 Å². The third-order valence-corrected chi connectivity index (χ3v) is 5.95. The van der Waals surface area contributed by atoms with E-state index < -0.39 is 0 Å². The number of likely N-dealkylation sites (tertiary alicyclic amines) is 1. The van der Waals surface area contributed by atoms with Gasteiger partial charge in [-0.2, -0.15) is 0 Å². The van der Waals surface area contributed by atoms with Crippen molar-refractivity contribution < 1.29 is 4.79 Å². The molecule has 3 N–H and O–H groups in total. The van der Waals surface area contributed by atoms with E-state index in [1.165, 1.54) is 45.1 Å². The Bertz CT molecular complexity index is 367. The Kier molecular flexibility index (Phi) is 7.93. The SMILES string of the molecule is CCN1CCCCC1CNC(=O)C1C2CCC(C2)C1N.Cl.Cl. The van der Waals surface area contributed by atoms with Crippen molar-refractivity contribution in [1.29, 1.82) is 0 Å². The van der Waals surface area contributed by atoms with Crippen molar-refractivity contribution in [3.8, 4) is 0 Å². The lowest BCUT2D eigenvalue weighted by Gasteiger charge is -2.35. The van der Waals surface area contributed by atoms with E-state index in [2.05, 4.69) is 17.1 Å². The first-order valence-corrected chi connectivity index (χ1v) is 8.48. The number of piperidine rings is 1. The number of fused-ring (bicyclic) bond motifs is 2. The number of carbonyl (C=O) groups excluding carboxylic acids is 1. The van der Waals surface area contributed by atoms with Gasteiger partial charge in [-0.1, -0.05) is 13.3 Å². The van der Waals surface area contributed by atoms with E-state index in [1.54, 1.807) is 0 Å². The van der Waals surface area contributed by atoms with Gasteiger partial charge in [0.1, 0.15) is 0 Å². The van der Waals surface area contributed by atoms with Crippen LogP contribution in [-0.4, -0.2) is 42.5 Å². The molecule has 2 aliphatic carbocycles. The van der Waals surface area contributed by atoms with Crippen LogP contribution in [0.3, 0.4) is 0 Å². The zero-order chi connectivity index (χ0) is 14.1. The molecular weight excluding hydrogens is 321 g/mol. The molecule has 3 aliphatic rings. The van der Waals surface area contributed by atoms with Gasteiger partial charge in [0.2, 0.25) is 5.91 Å². The lowest BCUT2D eigenvalue weighted by atomic mass is 9.84. The standard InChI is InChI=1S/C16H29N3O.2ClH/c1-2-19-8-4-3-5-13(19)10-18-16(20)14-11-6-7-12(9-11)15(14)17;;/h11-15H,2-10,17H2,1H3,(H,18,20);2*1H. The predicted molar refractivity (Wildman–Crippen MR) is 94.7 cm³/mol. The average molecular weight is 352 g/mol. The Balaban J connectivity index is 0.00000121. The topological polar surface area (TPSA) is 58.4 Å². The molecule has 0 aromatic carbocycles. The molecule has 6 heteroatoms. The Hall–Kier alpha value is -0.0300. The van der Waals surface area contributed by atoms with E-state index in [0.29, 0.717) is 17.9 Å². The first-order valence-electron chi connectivity index (χ1n) is 8.48. The van der Waals surface area contributed by atoms with E-state index in [4.69, 9.17) is 5.73 Å². The van der Waals surface area contributed by atoms with Crippen LogP contribution in [0.15, 0.2) is 0 Å². The highest BCUT2D eigenvalue weighted by Gasteiger charge is 2.49. The van der Waals surface area contributed by atoms with Gasteiger partial charge in [0.25, 0.3) is 0 Å². The van der Waals surface area contributed by atoms with E-state index in [9.17, 15) is 4.79 Å². The Labute approximate surface area is 146 Å². The highest BCUT2D eigenvalue weighted by Crippen LogP contribution is 2.47. The maximum Gasteiger partial charge on any atom is 0.225 e. The van der Waals surface area contributed by atoms with E-state index in [0.717, 1.165) is 13.1 Å². The summed E-state index contributed by atoms with van der Waals surface area (Å²) < 4.78 is 0. The van der Waals surface area contributed by atoms with Crippen molar-refractivity contribution >= 4 is 30.7 Å². The van der Waals surface area contributed by atoms with Crippen LogP contribution in [-0.2, 0) is 4.79 Å². The Morgan fingerprint density at radius 1 is 1.18 bits per heavy atom. The second kappa shape index (κ2) is 8.72. The van der Waals surface area contributed by atoms with Gasteiger partial charge in [0.15, 0.2) is 0 Å². The molecule has 5 unspecified atom stereocenters. The summed E-state index contributed by atoms with van der Waals surface area (Å²) in [6.07, 6.45) is 7.45. The maximum absolute atomic E-state index is 12.5. The molecule has 0 spiro atoms. The van der Waals surface area contributed by atoms with Gasteiger partial charge in [-0.05, 0) is 57.0 Å². The third kappa shape index (κ3) is 3.89. The second-order valence-corrected chi connectivity index (χ2v) is 6.96. The molecule has 1 aliphatic heterocycles. The zero-order valence-electron chi connectivity index (χ0n) is 13.5. The monoisotopic (exact) mass is 351 g/mol. The number of carbonyl (C=O) groups is 1. The minimum Gasteiger partial charge on any atom is -0.354 e. The summed E-state index contributed by atoms with van der Waals surface area (Å²) in [4.78, 5) is 15.0. The molecule has 0 radical (unpaired) electrons. The summed E-state index contributed by atoms with van der Waals surface area (Å²) in [6, 6.07) is 0.648. The van der Waals surface area contributed by atoms with Crippen LogP contribution in [0.2, 0.25) is 0 Å². The van der Waals surface area contributed by atoms with Crippen LogP contribution in [0.1, 0.15) is 45.4 Å². The number of rotatable bonds is 4. The first-order chi connectivity index (χ1) is 9.70. The molecule has 5 atom stereocenters. The van der Waals surface area contributed by atoms with Crippen LogP contribution >= 0.6 is 24.8 Å². The minimum atomic E-state index is 0. The fraction of sp³-hybridized carbons (Fsp3) is 0.938. The normalized spacial score (nSPS) is 37.3. The highest BCUT2D eigenvalue weighted by molar-refractivity contribution is 5.85. The van der Waals surface area contributed by atoms with Gasteiger partial charge in [-0.15, -0.1) is 24.8 Å². The fourth-order valence-corrected chi connectivity index (χ4v) is 4.77. The average Bonchev–Trinajstić information content (AvgIpc) is 3.06. The van der Waals surface area contributed by atoms with Crippen molar-refractivity contribution in [1.82, 2.24) is 10.2 Å². The molecule has 2 saturated carbocycles. The molecule has 1 saturated heterocycles. The first kappa shape index (κ1) is 20.0. The summed E-state index contributed by atoms with van der Waals surface area (Å²) in [5.74, 6) is 1.49. The molecule has 3 rings (SSSR count). The summed E-state index contributed by atoms with van der Waals surface area (Å²) in [6.45, 7) is 5.30. The molecule has 1 amide bonds. The van der Waals surface area contributed by atoms with Gasteiger partial charge < -0.3 is 11.1 Å². The number of nitrogens with one attached hydrogen (secondary N) is 1. The van der Waals surface area contributed by atoms with Crippen molar-refractivity contribution in [2.24, 2.45) is 23.5 Å². The number of nitrogens with two attached hydrogens (primary N) is 1. The molecule has 0 aromatic heterocycles. The number of hydrogen-bond donors (Lipinski definition) is 2. The lowest BCUT2D eigenvalue weighted by Crippen LogP contribution is -2.50. The summed E-state index contributed by atoms with van der Waals surface area (Å²) in [7, 11) is 0. The maximum atomic E-state index is 12.5. The number of nitrogens with zero attached hydrogens (tertiary/aromatic N) is 1. The van der Waals surface area contributed by atoms with Crippen molar-refractivity contribution in [3.05, 3.63) is 0 Å².